The number of likely N-dealkylation sites (tertiary alicyclic amines) is 1. The molecule has 2 aromatic heterocycles. The van der Waals surface area contributed by atoms with Crippen molar-refractivity contribution in [1.29, 1.82) is 0 Å². The highest BCUT2D eigenvalue weighted by molar-refractivity contribution is 5.89. The monoisotopic (exact) mass is 428 g/mol. The van der Waals surface area contributed by atoms with E-state index in [4.69, 9.17) is 4.74 Å². The van der Waals surface area contributed by atoms with Crippen molar-refractivity contribution in [3.63, 3.8) is 0 Å². The second-order valence-corrected chi connectivity index (χ2v) is 7.82. The number of benzene rings is 1. The van der Waals surface area contributed by atoms with E-state index in [1.807, 2.05) is 11.0 Å². The van der Waals surface area contributed by atoms with Crippen LogP contribution in [0.2, 0.25) is 0 Å². The minimum atomic E-state index is -0.465. The Morgan fingerprint density at radius 2 is 2.06 bits per heavy atom. The van der Waals surface area contributed by atoms with Gasteiger partial charge in [-0.25, -0.2) is 18.6 Å². The average Bonchev–Trinajstić information content (AvgIpc) is 3.36. The first-order valence-corrected chi connectivity index (χ1v) is 10.2. The molecule has 0 saturated carbocycles. The third kappa shape index (κ3) is 3.56. The van der Waals surface area contributed by atoms with E-state index in [0.717, 1.165) is 18.6 Å². The SMILES string of the molecule is COC1CN(C(=O)Nc2cnc3ccc(N4CCCC4c4cc(F)ccc4F)nn23)C1. The van der Waals surface area contributed by atoms with Gasteiger partial charge in [-0.2, -0.15) is 4.52 Å². The molecule has 1 atom stereocenters. The van der Waals surface area contributed by atoms with Gasteiger partial charge in [0.2, 0.25) is 0 Å². The molecule has 2 aliphatic heterocycles. The number of carbonyl (C=O) groups excluding carboxylic acids is 1. The van der Waals surface area contributed by atoms with Gasteiger partial charge in [0, 0.05) is 19.2 Å². The Balaban J connectivity index is 1.41. The number of ether oxygens (including phenoxy) is 1. The molecule has 5 rings (SSSR count). The van der Waals surface area contributed by atoms with Crippen molar-refractivity contribution in [3.8, 4) is 0 Å². The number of nitrogens with zero attached hydrogens (tertiary/aromatic N) is 5. The topological polar surface area (TPSA) is 75.0 Å². The van der Waals surface area contributed by atoms with Crippen LogP contribution in [-0.4, -0.2) is 58.4 Å². The quantitative estimate of drug-likeness (QED) is 0.691. The van der Waals surface area contributed by atoms with Crippen molar-refractivity contribution in [2.75, 3.05) is 37.0 Å². The molecule has 162 valence electrons. The molecule has 0 bridgehead atoms. The Morgan fingerprint density at radius 1 is 1.23 bits per heavy atom. The summed E-state index contributed by atoms with van der Waals surface area (Å²) in [7, 11) is 1.62. The number of anilines is 2. The molecular weight excluding hydrogens is 406 g/mol. The standard InChI is InChI=1S/C21H22F2N6O2/c1-31-14-11-27(12-14)21(30)25-20-10-24-18-6-7-19(26-29(18)20)28-8-2-3-17(28)15-9-13(22)4-5-16(15)23/h4-7,9-10,14,17H,2-3,8,11-12H2,1H3,(H,25,30). The zero-order valence-corrected chi connectivity index (χ0v) is 17.0. The average molecular weight is 428 g/mol. The Labute approximate surface area is 177 Å². The van der Waals surface area contributed by atoms with Crippen molar-refractivity contribution < 1.29 is 18.3 Å². The fourth-order valence-corrected chi connectivity index (χ4v) is 4.18. The van der Waals surface area contributed by atoms with Gasteiger partial charge in [-0.3, -0.25) is 5.32 Å². The summed E-state index contributed by atoms with van der Waals surface area (Å²) in [5.41, 5.74) is 0.897. The molecule has 0 aliphatic carbocycles. The number of halogens is 2. The molecule has 8 nitrogen and oxygen atoms in total. The lowest BCUT2D eigenvalue weighted by molar-refractivity contribution is -0.00468. The highest BCUT2D eigenvalue weighted by atomic mass is 19.1. The molecule has 1 aromatic carbocycles. The van der Waals surface area contributed by atoms with Crippen molar-refractivity contribution >= 4 is 23.3 Å². The van der Waals surface area contributed by atoms with Crippen LogP contribution < -0.4 is 10.2 Å². The number of carbonyl (C=O) groups is 1. The Hall–Kier alpha value is -3.27. The second-order valence-electron chi connectivity index (χ2n) is 7.82. The normalized spacial score (nSPS) is 19.1. The smallest absolute Gasteiger partial charge is 0.323 e. The molecule has 31 heavy (non-hydrogen) atoms. The predicted molar refractivity (Wildman–Crippen MR) is 110 cm³/mol. The summed E-state index contributed by atoms with van der Waals surface area (Å²) in [6.45, 7) is 1.74. The minimum absolute atomic E-state index is 0.0629. The number of hydrogen-bond donors (Lipinski definition) is 1. The fourth-order valence-electron chi connectivity index (χ4n) is 4.18. The summed E-state index contributed by atoms with van der Waals surface area (Å²) >= 11 is 0. The largest absolute Gasteiger partial charge is 0.378 e. The minimum Gasteiger partial charge on any atom is -0.378 e. The molecule has 10 heteroatoms. The van der Waals surface area contributed by atoms with Gasteiger partial charge < -0.3 is 14.5 Å². The lowest BCUT2D eigenvalue weighted by Crippen LogP contribution is -2.55. The molecule has 2 saturated heterocycles. The summed E-state index contributed by atoms with van der Waals surface area (Å²) in [4.78, 5) is 20.3. The number of rotatable bonds is 4. The lowest BCUT2D eigenvalue weighted by atomic mass is 10.0. The van der Waals surface area contributed by atoms with Gasteiger partial charge in [-0.1, -0.05) is 0 Å². The van der Waals surface area contributed by atoms with Crippen LogP contribution in [0.25, 0.3) is 5.65 Å². The van der Waals surface area contributed by atoms with Crippen molar-refractivity contribution in [2.24, 2.45) is 0 Å². The number of methoxy groups -OCH3 is 1. The Bertz CT molecular complexity index is 1130. The highest BCUT2D eigenvalue weighted by Gasteiger charge is 2.32. The van der Waals surface area contributed by atoms with Crippen LogP contribution >= 0.6 is 0 Å². The van der Waals surface area contributed by atoms with Crippen LogP contribution in [0, 0.1) is 11.6 Å². The summed E-state index contributed by atoms with van der Waals surface area (Å²) in [6.07, 6.45) is 3.14. The van der Waals surface area contributed by atoms with Gasteiger partial charge in [0.15, 0.2) is 11.5 Å². The number of fused-ring (bicyclic) bond motifs is 1. The van der Waals surface area contributed by atoms with Crippen molar-refractivity contribution in [1.82, 2.24) is 19.5 Å². The Kier molecular flexibility index (Phi) is 4.93. The first-order valence-electron chi connectivity index (χ1n) is 10.2. The summed E-state index contributed by atoms with van der Waals surface area (Å²) in [5.74, 6) is 0.151. The molecule has 0 radical (unpaired) electrons. The highest BCUT2D eigenvalue weighted by Crippen LogP contribution is 2.36. The summed E-state index contributed by atoms with van der Waals surface area (Å²) in [5, 5.41) is 7.47. The van der Waals surface area contributed by atoms with E-state index in [1.165, 1.54) is 6.07 Å². The number of nitrogens with one attached hydrogen (secondary N) is 1. The molecule has 2 amide bonds. The lowest BCUT2D eigenvalue weighted by Gasteiger charge is -2.37. The first-order chi connectivity index (χ1) is 15.0. The maximum absolute atomic E-state index is 14.4. The van der Waals surface area contributed by atoms with Gasteiger partial charge >= 0.3 is 6.03 Å². The van der Waals surface area contributed by atoms with Gasteiger partial charge in [0.1, 0.15) is 17.5 Å². The van der Waals surface area contributed by atoms with E-state index in [2.05, 4.69) is 15.4 Å². The van der Waals surface area contributed by atoms with Crippen molar-refractivity contribution in [3.05, 3.63) is 53.7 Å². The van der Waals surface area contributed by atoms with Crippen LogP contribution in [0.1, 0.15) is 24.4 Å². The van der Waals surface area contributed by atoms with Crippen LogP contribution in [0.15, 0.2) is 36.5 Å². The molecule has 3 aromatic rings. The maximum Gasteiger partial charge on any atom is 0.323 e. The van der Waals surface area contributed by atoms with Gasteiger partial charge in [-0.05, 0) is 43.2 Å². The van der Waals surface area contributed by atoms with Gasteiger partial charge in [-0.15, -0.1) is 5.10 Å². The molecular formula is C21H22F2N6O2. The van der Waals surface area contributed by atoms with Crippen LogP contribution in [-0.2, 0) is 4.74 Å². The summed E-state index contributed by atoms with van der Waals surface area (Å²) in [6, 6.07) is 6.57. The molecule has 1 unspecified atom stereocenters. The molecule has 1 N–H and O–H groups in total. The van der Waals surface area contributed by atoms with E-state index in [1.54, 1.807) is 28.8 Å². The molecule has 2 aliphatic rings. The van der Waals surface area contributed by atoms with E-state index < -0.39 is 11.6 Å². The first kappa shape index (κ1) is 19.7. The van der Waals surface area contributed by atoms with E-state index in [-0.39, 0.29) is 18.2 Å². The number of hydrogen-bond acceptors (Lipinski definition) is 5. The third-order valence-electron chi connectivity index (χ3n) is 5.92. The van der Waals surface area contributed by atoms with Gasteiger partial charge in [0.05, 0.1) is 31.4 Å². The number of urea groups is 1. The maximum atomic E-state index is 14.4. The molecule has 0 spiro atoms. The van der Waals surface area contributed by atoms with Crippen LogP contribution in [0.3, 0.4) is 0 Å². The van der Waals surface area contributed by atoms with Crippen LogP contribution in [0.5, 0.6) is 0 Å². The number of aromatic nitrogens is 3. The number of amides is 2. The predicted octanol–water partition coefficient (Wildman–Crippen LogP) is 3.21. The fraction of sp³-hybridized carbons (Fsp3) is 0.381. The zero-order chi connectivity index (χ0) is 21.5. The molecule has 4 heterocycles. The number of imidazole rings is 1. The van der Waals surface area contributed by atoms with E-state index in [9.17, 15) is 13.6 Å². The van der Waals surface area contributed by atoms with E-state index in [0.29, 0.717) is 48.9 Å². The van der Waals surface area contributed by atoms with Crippen molar-refractivity contribution in [2.45, 2.75) is 25.0 Å². The third-order valence-corrected chi connectivity index (χ3v) is 5.92. The van der Waals surface area contributed by atoms with E-state index >= 15 is 0 Å². The molecule has 2 fully saturated rings. The van der Waals surface area contributed by atoms with Crippen LogP contribution in [0.4, 0.5) is 25.2 Å². The zero-order valence-electron chi connectivity index (χ0n) is 17.0. The Morgan fingerprint density at radius 3 is 2.87 bits per heavy atom. The second kappa shape index (κ2) is 7.77. The van der Waals surface area contributed by atoms with Gasteiger partial charge in [0.25, 0.3) is 0 Å². The summed E-state index contributed by atoms with van der Waals surface area (Å²) < 4.78 is 34.9.